The first-order valence-electron chi connectivity index (χ1n) is 6.14. The van der Waals surface area contributed by atoms with Gasteiger partial charge in [-0.05, 0) is 18.6 Å². The van der Waals surface area contributed by atoms with E-state index in [1.807, 2.05) is 0 Å². The van der Waals surface area contributed by atoms with Crippen LogP contribution < -0.4 is 5.73 Å². The van der Waals surface area contributed by atoms with Crippen molar-refractivity contribution in [2.75, 3.05) is 5.73 Å². The van der Waals surface area contributed by atoms with Gasteiger partial charge in [0, 0.05) is 6.54 Å². The zero-order chi connectivity index (χ0) is 12.3. The van der Waals surface area contributed by atoms with E-state index in [1.54, 1.807) is 16.7 Å². The number of imidazole rings is 1. The summed E-state index contributed by atoms with van der Waals surface area (Å²) in [6, 6.07) is 4.90. The molecule has 2 rings (SSSR count). The second-order valence-corrected chi connectivity index (χ2v) is 4.29. The smallest absolute Gasteiger partial charge is 0.201 e. The molecule has 0 amide bonds. The number of para-hydroxylation sites is 1. The van der Waals surface area contributed by atoms with Crippen molar-refractivity contribution < 1.29 is 4.39 Å². The summed E-state index contributed by atoms with van der Waals surface area (Å²) in [5.41, 5.74) is 6.99. The minimum Gasteiger partial charge on any atom is -0.369 e. The summed E-state index contributed by atoms with van der Waals surface area (Å²) in [5.74, 6) is 0.156. The average Bonchev–Trinajstić information content (AvgIpc) is 2.62. The van der Waals surface area contributed by atoms with Gasteiger partial charge in [0.2, 0.25) is 5.95 Å². The molecule has 1 aromatic heterocycles. The first-order valence-corrected chi connectivity index (χ1v) is 6.14. The highest BCUT2D eigenvalue weighted by Gasteiger charge is 2.11. The second-order valence-electron chi connectivity index (χ2n) is 4.29. The van der Waals surface area contributed by atoms with Crippen LogP contribution in [0, 0.1) is 5.82 Å². The lowest BCUT2D eigenvalue weighted by Crippen LogP contribution is -2.04. The standard InChI is InChI=1S/C13H18FN3/c1-2-3-4-5-9-17-12-10(14)7-6-8-11(12)16-13(17)15/h6-8H,2-5,9H2,1H3,(H2,15,16). The van der Waals surface area contributed by atoms with Crippen LogP contribution in [-0.4, -0.2) is 9.55 Å². The number of benzene rings is 1. The minimum atomic E-state index is -0.248. The molecule has 1 heterocycles. The topological polar surface area (TPSA) is 43.8 Å². The number of anilines is 1. The van der Waals surface area contributed by atoms with Crippen molar-refractivity contribution in [1.82, 2.24) is 9.55 Å². The molecule has 0 aliphatic heterocycles. The van der Waals surface area contributed by atoms with Crippen molar-refractivity contribution in [3.8, 4) is 0 Å². The summed E-state index contributed by atoms with van der Waals surface area (Å²) in [7, 11) is 0. The highest BCUT2D eigenvalue weighted by Crippen LogP contribution is 2.21. The maximum absolute atomic E-state index is 13.7. The van der Waals surface area contributed by atoms with Crippen molar-refractivity contribution in [2.45, 2.75) is 39.2 Å². The van der Waals surface area contributed by atoms with E-state index < -0.39 is 0 Å². The maximum atomic E-state index is 13.7. The van der Waals surface area contributed by atoms with Crippen LogP contribution in [0.3, 0.4) is 0 Å². The summed E-state index contributed by atoms with van der Waals surface area (Å²) in [6.45, 7) is 2.91. The normalized spacial score (nSPS) is 11.2. The zero-order valence-corrected chi connectivity index (χ0v) is 10.1. The van der Waals surface area contributed by atoms with Crippen molar-refractivity contribution in [3.05, 3.63) is 24.0 Å². The summed E-state index contributed by atoms with van der Waals surface area (Å²) in [5, 5.41) is 0. The Morgan fingerprint density at radius 2 is 2.12 bits per heavy atom. The fourth-order valence-electron chi connectivity index (χ4n) is 2.08. The van der Waals surface area contributed by atoms with Crippen molar-refractivity contribution in [3.63, 3.8) is 0 Å². The van der Waals surface area contributed by atoms with E-state index in [-0.39, 0.29) is 5.82 Å². The molecule has 17 heavy (non-hydrogen) atoms. The number of aromatic nitrogens is 2. The number of hydrogen-bond acceptors (Lipinski definition) is 2. The minimum absolute atomic E-state index is 0.248. The Bertz CT molecular complexity index is 505. The lowest BCUT2D eigenvalue weighted by atomic mass is 10.2. The molecule has 0 unspecified atom stereocenters. The van der Waals surface area contributed by atoms with Crippen LogP contribution >= 0.6 is 0 Å². The number of nitrogen functional groups attached to an aromatic ring is 1. The third-order valence-corrected chi connectivity index (χ3v) is 2.98. The number of halogens is 1. The maximum Gasteiger partial charge on any atom is 0.201 e. The lowest BCUT2D eigenvalue weighted by molar-refractivity contribution is 0.581. The van der Waals surface area contributed by atoms with Gasteiger partial charge in [0.25, 0.3) is 0 Å². The SMILES string of the molecule is CCCCCCn1c(N)nc2cccc(F)c21. The first-order chi connectivity index (χ1) is 8.24. The predicted octanol–water partition coefficient (Wildman–Crippen LogP) is 3.34. The van der Waals surface area contributed by atoms with Gasteiger partial charge in [-0.3, -0.25) is 0 Å². The van der Waals surface area contributed by atoms with Crippen molar-refractivity contribution in [2.24, 2.45) is 0 Å². The third kappa shape index (κ3) is 2.40. The molecule has 0 aliphatic rings. The largest absolute Gasteiger partial charge is 0.369 e. The summed E-state index contributed by atoms with van der Waals surface area (Å²) >= 11 is 0. The highest BCUT2D eigenvalue weighted by molar-refractivity contribution is 5.78. The van der Waals surface area contributed by atoms with Crippen LogP contribution in [0.5, 0.6) is 0 Å². The van der Waals surface area contributed by atoms with E-state index in [2.05, 4.69) is 11.9 Å². The Morgan fingerprint density at radius 1 is 1.29 bits per heavy atom. The molecule has 1 aromatic carbocycles. The van der Waals surface area contributed by atoms with E-state index in [0.29, 0.717) is 17.0 Å². The van der Waals surface area contributed by atoms with E-state index in [0.717, 1.165) is 19.4 Å². The Morgan fingerprint density at radius 3 is 2.88 bits per heavy atom. The van der Waals surface area contributed by atoms with E-state index >= 15 is 0 Å². The summed E-state index contributed by atoms with van der Waals surface area (Å²) in [6.07, 6.45) is 4.55. The fourth-order valence-corrected chi connectivity index (χ4v) is 2.08. The number of aryl methyl sites for hydroxylation is 1. The van der Waals surface area contributed by atoms with Gasteiger partial charge < -0.3 is 10.3 Å². The number of nitrogens with zero attached hydrogens (tertiary/aromatic N) is 2. The van der Waals surface area contributed by atoms with Gasteiger partial charge in [-0.15, -0.1) is 0 Å². The molecule has 0 aliphatic carbocycles. The average molecular weight is 235 g/mol. The van der Waals surface area contributed by atoms with Gasteiger partial charge in [0.05, 0.1) is 5.52 Å². The Labute approximate surface area is 100 Å². The van der Waals surface area contributed by atoms with Gasteiger partial charge in [-0.25, -0.2) is 9.37 Å². The molecule has 2 aromatic rings. The number of hydrogen-bond donors (Lipinski definition) is 1. The predicted molar refractivity (Wildman–Crippen MR) is 68.2 cm³/mol. The van der Waals surface area contributed by atoms with Crippen LogP contribution in [0.15, 0.2) is 18.2 Å². The quantitative estimate of drug-likeness (QED) is 0.808. The van der Waals surface area contributed by atoms with Crippen molar-refractivity contribution >= 4 is 17.0 Å². The van der Waals surface area contributed by atoms with Crippen LogP contribution in [0.1, 0.15) is 32.6 Å². The second kappa shape index (κ2) is 5.17. The fraction of sp³-hybridized carbons (Fsp3) is 0.462. The number of fused-ring (bicyclic) bond motifs is 1. The molecule has 0 spiro atoms. The molecule has 0 bridgehead atoms. The van der Waals surface area contributed by atoms with Crippen LogP contribution in [-0.2, 0) is 6.54 Å². The van der Waals surface area contributed by atoms with Gasteiger partial charge in [0.15, 0.2) is 0 Å². The molecule has 0 fully saturated rings. The highest BCUT2D eigenvalue weighted by atomic mass is 19.1. The van der Waals surface area contributed by atoms with Crippen molar-refractivity contribution in [1.29, 1.82) is 0 Å². The molecule has 92 valence electrons. The number of rotatable bonds is 5. The molecular weight excluding hydrogens is 217 g/mol. The van der Waals surface area contributed by atoms with E-state index in [9.17, 15) is 4.39 Å². The van der Waals surface area contributed by atoms with E-state index in [1.165, 1.54) is 18.9 Å². The molecule has 2 N–H and O–H groups in total. The molecule has 0 saturated carbocycles. The molecular formula is C13H18FN3. The third-order valence-electron chi connectivity index (χ3n) is 2.98. The lowest BCUT2D eigenvalue weighted by Gasteiger charge is -2.06. The summed E-state index contributed by atoms with van der Waals surface area (Å²) < 4.78 is 15.5. The number of nitrogens with two attached hydrogens (primary N) is 1. The zero-order valence-electron chi connectivity index (χ0n) is 10.1. The van der Waals surface area contributed by atoms with Gasteiger partial charge in [-0.2, -0.15) is 0 Å². The Hall–Kier alpha value is -1.58. The first kappa shape index (κ1) is 11.9. The Kier molecular flexibility index (Phi) is 3.61. The van der Waals surface area contributed by atoms with Crippen LogP contribution in [0.2, 0.25) is 0 Å². The molecule has 0 radical (unpaired) electrons. The monoisotopic (exact) mass is 235 g/mol. The van der Waals surface area contributed by atoms with Gasteiger partial charge in [-0.1, -0.05) is 32.3 Å². The molecule has 4 heteroatoms. The van der Waals surface area contributed by atoms with Gasteiger partial charge >= 0.3 is 0 Å². The Balaban J connectivity index is 2.23. The van der Waals surface area contributed by atoms with Crippen LogP contribution in [0.25, 0.3) is 11.0 Å². The molecule has 0 atom stereocenters. The van der Waals surface area contributed by atoms with Crippen LogP contribution in [0.4, 0.5) is 10.3 Å². The number of unbranched alkanes of at least 4 members (excludes halogenated alkanes) is 3. The summed E-state index contributed by atoms with van der Waals surface area (Å²) in [4.78, 5) is 4.17. The molecule has 3 nitrogen and oxygen atoms in total. The van der Waals surface area contributed by atoms with E-state index in [4.69, 9.17) is 5.73 Å². The molecule has 0 saturated heterocycles. The van der Waals surface area contributed by atoms with Gasteiger partial charge in [0.1, 0.15) is 11.3 Å².